The number of fused-ring (bicyclic) bond motifs is 5. The van der Waals surface area contributed by atoms with Crippen LogP contribution in [-0.2, 0) is 19.1 Å². The topological polar surface area (TPSA) is 126 Å². The second-order valence-corrected chi connectivity index (χ2v) is 11.3. The third kappa shape index (κ3) is 3.05. The summed E-state index contributed by atoms with van der Waals surface area (Å²) >= 11 is 0. The molecule has 0 bridgehead atoms. The average molecular weight is 462 g/mol. The minimum Gasteiger partial charge on any atom is -0.462 e. The van der Waals surface area contributed by atoms with Crippen LogP contribution in [0, 0.1) is 28.6 Å². The summed E-state index contributed by atoms with van der Waals surface area (Å²) in [6, 6.07) is 0. The molecule has 8 heteroatoms. The zero-order chi connectivity index (χ0) is 23.6. The summed E-state index contributed by atoms with van der Waals surface area (Å²) in [5, 5.41) is 37.2. The van der Waals surface area contributed by atoms with Gasteiger partial charge in [0.15, 0.2) is 0 Å². The molecule has 5 aliphatic rings. The smallest absolute Gasteiger partial charge is 0.331 e. The van der Waals surface area contributed by atoms with Crippen molar-refractivity contribution in [3.63, 3.8) is 0 Å². The summed E-state index contributed by atoms with van der Waals surface area (Å²) < 4.78 is 10.6. The molecule has 0 aromatic carbocycles. The van der Waals surface area contributed by atoms with Gasteiger partial charge in [-0.2, -0.15) is 0 Å². The molecule has 0 saturated heterocycles. The Kier molecular flexibility index (Phi) is 5.22. The molecular formula is C25H35NO7. The Morgan fingerprint density at radius 2 is 1.91 bits per heavy atom. The molecule has 8 atom stereocenters. The summed E-state index contributed by atoms with van der Waals surface area (Å²) in [7, 11) is 0. The van der Waals surface area contributed by atoms with Crippen molar-refractivity contribution in [2.24, 2.45) is 33.7 Å². The number of carbonyl (C=O) groups is 2. The molecule has 1 heterocycles. The lowest BCUT2D eigenvalue weighted by Gasteiger charge is -2.65. The fourth-order valence-corrected chi connectivity index (χ4v) is 8.78. The van der Waals surface area contributed by atoms with Crippen LogP contribution in [0.15, 0.2) is 16.8 Å². The van der Waals surface area contributed by atoms with E-state index in [2.05, 4.69) is 12.1 Å². The van der Waals surface area contributed by atoms with Crippen molar-refractivity contribution < 1.29 is 34.5 Å². The Labute approximate surface area is 194 Å². The molecule has 0 aromatic heterocycles. The molecule has 4 saturated carbocycles. The van der Waals surface area contributed by atoms with E-state index in [0.717, 1.165) is 24.8 Å². The van der Waals surface area contributed by atoms with Gasteiger partial charge in [0, 0.05) is 30.3 Å². The van der Waals surface area contributed by atoms with Gasteiger partial charge in [-0.05, 0) is 74.7 Å². The van der Waals surface area contributed by atoms with Gasteiger partial charge in [-0.3, -0.25) is 4.79 Å². The van der Waals surface area contributed by atoms with Gasteiger partial charge < -0.3 is 24.9 Å². The van der Waals surface area contributed by atoms with Gasteiger partial charge >= 0.3 is 11.9 Å². The number of hydrogen-bond donors (Lipinski definition) is 3. The van der Waals surface area contributed by atoms with E-state index in [1.807, 2.05) is 0 Å². The first-order valence-corrected chi connectivity index (χ1v) is 12.3. The summed E-state index contributed by atoms with van der Waals surface area (Å²) in [6.07, 6.45) is 8.28. The number of oxime groups is 1. The first kappa shape index (κ1) is 22.8. The molecule has 0 radical (unpaired) electrons. The highest BCUT2D eigenvalue weighted by Gasteiger charge is 2.71. The Morgan fingerprint density at radius 3 is 2.58 bits per heavy atom. The molecule has 4 fully saturated rings. The first-order chi connectivity index (χ1) is 15.6. The first-order valence-electron chi connectivity index (χ1n) is 12.3. The highest BCUT2D eigenvalue weighted by Crippen LogP contribution is 2.70. The van der Waals surface area contributed by atoms with Crippen molar-refractivity contribution in [1.29, 1.82) is 0 Å². The molecule has 3 N–H and O–H groups in total. The van der Waals surface area contributed by atoms with E-state index >= 15 is 0 Å². The van der Waals surface area contributed by atoms with E-state index in [4.69, 9.17) is 9.47 Å². The molecule has 0 unspecified atom stereocenters. The highest BCUT2D eigenvalue weighted by atomic mass is 16.5. The fraction of sp³-hybridized carbons (Fsp3) is 0.800. The fourth-order valence-electron chi connectivity index (χ4n) is 8.78. The number of aliphatic hydroxyl groups is 2. The van der Waals surface area contributed by atoms with Crippen LogP contribution in [0.2, 0.25) is 0 Å². The lowest BCUT2D eigenvalue weighted by atomic mass is 9.41. The number of ether oxygens (including phenoxy) is 2. The molecule has 182 valence electrons. The molecule has 33 heavy (non-hydrogen) atoms. The number of nitrogens with zero attached hydrogens (tertiary/aromatic N) is 1. The lowest BCUT2D eigenvalue weighted by molar-refractivity contribution is -0.239. The molecule has 0 spiro atoms. The van der Waals surface area contributed by atoms with Gasteiger partial charge in [0.1, 0.15) is 12.7 Å². The largest absolute Gasteiger partial charge is 0.462 e. The monoisotopic (exact) mass is 461 g/mol. The summed E-state index contributed by atoms with van der Waals surface area (Å²) in [5.74, 6) is -0.661. The summed E-state index contributed by atoms with van der Waals surface area (Å²) in [6.45, 7) is 3.84. The Bertz CT molecular complexity index is 916. The molecule has 0 aromatic rings. The Morgan fingerprint density at radius 1 is 1.15 bits per heavy atom. The predicted octanol–water partition coefficient (Wildman–Crippen LogP) is 2.73. The maximum absolute atomic E-state index is 12.3. The van der Waals surface area contributed by atoms with Crippen LogP contribution in [-0.4, -0.2) is 57.5 Å². The van der Waals surface area contributed by atoms with Crippen molar-refractivity contribution in [2.75, 3.05) is 6.61 Å². The minimum absolute atomic E-state index is 0.0438. The van der Waals surface area contributed by atoms with Crippen molar-refractivity contribution in [3.05, 3.63) is 11.6 Å². The van der Waals surface area contributed by atoms with Crippen LogP contribution >= 0.6 is 0 Å². The summed E-state index contributed by atoms with van der Waals surface area (Å²) in [4.78, 5) is 23.3. The number of cyclic esters (lactones) is 1. The second kappa shape index (κ2) is 7.54. The number of carbonyl (C=O) groups excluding carboxylic acids is 2. The van der Waals surface area contributed by atoms with E-state index in [0.29, 0.717) is 45.1 Å². The van der Waals surface area contributed by atoms with E-state index in [-0.39, 0.29) is 41.2 Å². The zero-order valence-corrected chi connectivity index (χ0v) is 19.5. The van der Waals surface area contributed by atoms with Crippen LogP contribution < -0.4 is 0 Å². The molecular weight excluding hydrogens is 426 g/mol. The number of hydrogen-bond acceptors (Lipinski definition) is 8. The van der Waals surface area contributed by atoms with Gasteiger partial charge in [0.2, 0.25) is 0 Å². The van der Waals surface area contributed by atoms with Crippen molar-refractivity contribution in [1.82, 2.24) is 0 Å². The van der Waals surface area contributed by atoms with Crippen molar-refractivity contribution >= 4 is 18.2 Å². The standard InChI is InChI=1S/C25H35NO7/c1-15(27)33-17-3-8-23(14-26-31)19-4-7-22(2)18(16-11-21(28)32-13-16)6-10-25(22,30)20(19)5-9-24(23,29)12-17/h11,14,17-20,29-31H,3-10,12-13H2,1-2H3/b26-14-/t17-,18+,19+,20-,22-,23+,24-,25-/m1/s1. The minimum atomic E-state index is -1.16. The second-order valence-electron chi connectivity index (χ2n) is 11.3. The van der Waals surface area contributed by atoms with Gasteiger partial charge in [0.25, 0.3) is 0 Å². The normalized spacial score (nSPS) is 49.1. The van der Waals surface area contributed by atoms with Gasteiger partial charge in [-0.15, -0.1) is 5.16 Å². The third-order valence-electron chi connectivity index (χ3n) is 10.2. The van der Waals surface area contributed by atoms with Gasteiger partial charge in [-0.1, -0.05) is 6.92 Å². The lowest BCUT2D eigenvalue weighted by Crippen LogP contribution is -2.69. The molecule has 1 aliphatic heterocycles. The van der Waals surface area contributed by atoms with Crippen LogP contribution in [0.25, 0.3) is 0 Å². The van der Waals surface area contributed by atoms with E-state index < -0.39 is 16.6 Å². The Hall–Kier alpha value is -1.93. The SMILES string of the molecule is CC(=O)O[C@@H]1CC[C@]2(/C=N\O)[C@H]3CC[C@]4(C)[C@H](C5=CC(=O)OC5)CC[C@@]4(O)[C@@H]3CC[C@@]2(O)C1. The third-order valence-corrected chi connectivity index (χ3v) is 10.2. The molecule has 5 rings (SSSR count). The van der Waals surface area contributed by atoms with Gasteiger partial charge in [-0.25, -0.2) is 4.79 Å². The molecule has 0 amide bonds. The van der Waals surface area contributed by atoms with Crippen LogP contribution in [0.1, 0.15) is 71.6 Å². The van der Waals surface area contributed by atoms with Crippen LogP contribution in [0.5, 0.6) is 0 Å². The maximum atomic E-state index is 12.3. The zero-order valence-electron chi connectivity index (χ0n) is 19.5. The van der Waals surface area contributed by atoms with Gasteiger partial charge in [0.05, 0.1) is 17.4 Å². The number of rotatable bonds is 3. The summed E-state index contributed by atoms with van der Waals surface area (Å²) in [5.41, 5.74) is -2.26. The maximum Gasteiger partial charge on any atom is 0.331 e. The van der Waals surface area contributed by atoms with Crippen molar-refractivity contribution in [3.8, 4) is 0 Å². The van der Waals surface area contributed by atoms with Crippen LogP contribution in [0.3, 0.4) is 0 Å². The highest BCUT2D eigenvalue weighted by molar-refractivity contribution is 5.85. The Balaban J connectivity index is 1.48. The van der Waals surface area contributed by atoms with E-state index in [9.17, 15) is 25.0 Å². The average Bonchev–Trinajstić information content (AvgIpc) is 3.28. The van der Waals surface area contributed by atoms with Crippen molar-refractivity contribution in [2.45, 2.75) is 88.9 Å². The molecule has 8 nitrogen and oxygen atoms in total. The van der Waals surface area contributed by atoms with E-state index in [1.54, 1.807) is 6.08 Å². The van der Waals surface area contributed by atoms with E-state index in [1.165, 1.54) is 13.1 Å². The quantitative estimate of drug-likeness (QED) is 0.255. The van der Waals surface area contributed by atoms with Crippen LogP contribution in [0.4, 0.5) is 0 Å². The molecule has 4 aliphatic carbocycles. The predicted molar refractivity (Wildman–Crippen MR) is 117 cm³/mol. The number of esters is 2.